The predicted octanol–water partition coefficient (Wildman–Crippen LogP) is 2.45. The van der Waals surface area contributed by atoms with Crippen molar-refractivity contribution in [3.8, 4) is 11.5 Å². The first-order valence-corrected chi connectivity index (χ1v) is 9.21. The van der Waals surface area contributed by atoms with Crippen molar-refractivity contribution in [2.75, 3.05) is 5.32 Å². The zero-order valence-electron chi connectivity index (χ0n) is 15.8. The minimum absolute atomic E-state index is 0.0860. The van der Waals surface area contributed by atoms with Crippen LogP contribution in [0.4, 0.5) is 19.0 Å². The average molecular weight is 425 g/mol. The number of nitrogens with one attached hydrogen (secondary N) is 1. The van der Waals surface area contributed by atoms with Crippen LogP contribution in [0.15, 0.2) is 48.8 Å². The molecule has 1 amide bonds. The minimum Gasteiger partial charge on any atom is -0.309 e. The first kappa shape index (κ1) is 19.1. The van der Waals surface area contributed by atoms with Gasteiger partial charge in [-0.1, -0.05) is 18.2 Å². The molecule has 3 N–H and O–H groups in total. The molecule has 1 aliphatic heterocycles. The quantitative estimate of drug-likeness (QED) is 0.520. The fraction of sp³-hybridized carbons (Fsp3) is 0.150. The molecule has 31 heavy (non-hydrogen) atoms. The smallest absolute Gasteiger partial charge is 0.269 e. The first-order chi connectivity index (χ1) is 14.9. The Kier molecular flexibility index (Phi) is 4.22. The number of carbonyl (C=O) groups is 1. The van der Waals surface area contributed by atoms with Gasteiger partial charge in [-0.25, -0.2) is 32.8 Å². The van der Waals surface area contributed by atoms with Crippen molar-refractivity contribution in [1.29, 1.82) is 0 Å². The van der Waals surface area contributed by atoms with Crippen LogP contribution in [-0.2, 0) is 16.9 Å². The molecule has 5 rings (SSSR count). The lowest BCUT2D eigenvalue weighted by Crippen LogP contribution is -2.49. The summed E-state index contributed by atoms with van der Waals surface area (Å²) in [4.78, 5) is 24.7. The summed E-state index contributed by atoms with van der Waals surface area (Å²) in [7, 11) is 0. The van der Waals surface area contributed by atoms with Gasteiger partial charge in [0.1, 0.15) is 17.3 Å². The molecule has 3 aromatic heterocycles. The Morgan fingerprint density at radius 1 is 1.16 bits per heavy atom. The van der Waals surface area contributed by atoms with Crippen LogP contribution in [0, 0.1) is 5.82 Å². The lowest BCUT2D eigenvalue weighted by Gasteiger charge is -2.19. The Morgan fingerprint density at radius 3 is 2.74 bits per heavy atom. The van der Waals surface area contributed by atoms with Crippen LogP contribution in [0.5, 0.6) is 0 Å². The highest BCUT2D eigenvalue weighted by molar-refractivity contribution is 6.05. The summed E-state index contributed by atoms with van der Waals surface area (Å²) >= 11 is 0. The number of rotatable bonds is 4. The number of pyridine rings is 1. The van der Waals surface area contributed by atoms with Crippen LogP contribution in [0.25, 0.3) is 22.6 Å². The molecule has 11 heteroatoms. The molecule has 4 aromatic rings. The highest BCUT2D eigenvalue weighted by Crippen LogP contribution is 2.38. The van der Waals surface area contributed by atoms with Gasteiger partial charge in [0.2, 0.25) is 0 Å². The number of amides is 1. The van der Waals surface area contributed by atoms with E-state index in [0.717, 1.165) is 6.20 Å². The van der Waals surface area contributed by atoms with Crippen molar-refractivity contribution in [1.82, 2.24) is 24.7 Å². The number of nitrogens with zero attached hydrogens (tertiary/aromatic N) is 5. The third-order valence-electron chi connectivity index (χ3n) is 5.18. The third kappa shape index (κ3) is 2.85. The zero-order valence-corrected chi connectivity index (χ0v) is 15.8. The number of hydrogen-bond donors (Lipinski definition) is 2. The molecule has 1 aliphatic rings. The molecule has 0 fully saturated rings. The lowest BCUT2D eigenvalue weighted by molar-refractivity contribution is -0.126. The van der Waals surface area contributed by atoms with E-state index in [1.54, 1.807) is 36.5 Å². The largest absolute Gasteiger partial charge is 0.309 e. The van der Waals surface area contributed by atoms with E-state index in [2.05, 4.69) is 25.4 Å². The zero-order chi connectivity index (χ0) is 21.8. The van der Waals surface area contributed by atoms with Crippen LogP contribution in [0.1, 0.15) is 11.1 Å². The van der Waals surface area contributed by atoms with Gasteiger partial charge in [0.15, 0.2) is 17.0 Å². The summed E-state index contributed by atoms with van der Waals surface area (Å²) in [6, 6.07) is 9.73. The molecule has 4 heterocycles. The maximum atomic E-state index is 14.1. The van der Waals surface area contributed by atoms with Crippen LogP contribution >= 0.6 is 0 Å². The number of anilines is 1. The fourth-order valence-corrected chi connectivity index (χ4v) is 3.52. The highest BCUT2D eigenvalue weighted by Gasteiger charge is 2.52. The number of halogens is 3. The second kappa shape index (κ2) is 6.84. The van der Waals surface area contributed by atoms with Crippen molar-refractivity contribution in [3.63, 3.8) is 0 Å². The Morgan fingerprint density at radius 2 is 1.97 bits per heavy atom. The molecule has 0 aliphatic carbocycles. The number of nitrogens with two attached hydrogens (primary N) is 1. The topological polar surface area (TPSA) is 112 Å². The summed E-state index contributed by atoms with van der Waals surface area (Å²) in [6.45, 7) is 0.110. The summed E-state index contributed by atoms with van der Waals surface area (Å²) in [5.41, 5.74) is 4.12. The van der Waals surface area contributed by atoms with E-state index in [-0.39, 0.29) is 29.6 Å². The van der Waals surface area contributed by atoms with E-state index in [9.17, 15) is 18.0 Å². The van der Waals surface area contributed by atoms with Gasteiger partial charge in [-0.2, -0.15) is 5.10 Å². The van der Waals surface area contributed by atoms with E-state index < -0.39 is 17.9 Å². The molecule has 0 saturated heterocycles. The molecular formula is C20H14F3N7O. The van der Waals surface area contributed by atoms with Gasteiger partial charge in [0.25, 0.3) is 12.3 Å². The molecule has 0 bridgehead atoms. The van der Waals surface area contributed by atoms with Gasteiger partial charge < -0.3 is 11.1 Å². The van der Waals surface area contributed by atoms with Gasteiger partial charge in [-0.3, -0.25) is 4.79 Å². The Hall–Kier alpha value is -3.86. The van der Waals surface area contributed by atoms with Crippen LogP contribution < -0.4 is 11.1 Å². The summed E-state index contributed by atoms with van der Waals surface area (Å²) in [5.74, 6) is -1.45. The molecule has 1 aromatic carbocycles. The van der Waals surface area contributed by atoms with Crippen molar-refractivity contribution in [2.45, 2.75) is 18.5 Å². The third-order valence-corrected chi connectivity index (χ3v) is 5.18. The maximum Gasteiger partial charge on any atom is 0.269 e. The normalized spacial score (nSPS) is 17.9. The van der Waals surface area contributed by atoms with Gasteiger partial charge >= 0.3 is 0 Å². The number of alkyl halides is 2. The van der Waals surface area contributed by atoms with Gasteiger partial charge in [0.05, 0.1) is 11.9 Å². The van der Waals surface area contributed by atoms with Crippen molar-refractivity contribution >= 4 is 22.8 Å². The van der Waals surface area contributed by atoms with E-state index in [0.29, 0.717) is 22.3 Å². The van der Waals surface area contributed by atoms with Crippen molar-refractivity contribution in [3.05, 3.63) is 65.7 Å². The van der Waals surface area contributed by atoms with E-state index in [4.69, 9.17) is 5.73 Å². The number of benzene rings is 1. The molecule has 0 spiro atoms. The SMILES string of the molecule is NC1(C(F)F)C(=O)Nc2nc(-c3nn(Cc4ccccc4F)c4ncccc34)ncc21. The van der Waals surface area contributed by atoms with Crippen LogP contribution in [-0.4, -0.2) is 37.1 Å². The number of fused-ring (bicyclic) bond motifs is 2. The second-order valence-corrected chi connectivity index (χ2v) is 7.05. The summed E-state index contributed by atoms with van der Waals surface area (Å²) in [6.07, 6.45) is -0.464. The Balaban J connectivity index is 1.62. The van der Waals surface area contributed by atoms with Crippen LogP contribution in [0.3, 0.4) is 0 Å². The number of carbonyl (C=O) groups excluding carboxylic acids is 1. The van der Waals surface area contributed by atoms with E-state index in [1.165, 1.54) is 10.7 Å². The predicted molar refractivity (Wildman–Crippen MR) is 105 cm³/mol. The standard InChI is InChI=1S/C20H14F3N7O/c21-13-6-2-1-4-10(13)9-30-17-11(5-3-7-25-17)14(29-30)16-26-8-12-15(27-16)28-19(31)20(12,24)18(22)23/h1-8,18H,9,24H2,(H,26,27,28,31). The first-order valence-electron chi connectivity index (χ1n) is 9.21. The van der Waals surface area contributed by atoms with Gasteiger partial charge in [-0.05, 0) is 18.2 Å². The van der Waals surface area contributed by atoms with Gasteiger partial charge in [0, 0.05) is 23.5 Å². The fourth-order valence-electron chi connectivity index (χ4n) is 3.52. The molecule has 156 valence electrons. The monoisotopic (exact) mass is 425 g/mol. The molecule has 1 atom stereocenters. The lowest BCUT2D eigenvalue weighted by atomic mass is 9.95. The van der Waals surface area contributed by atoms with Crippen LogP contribution in [0.2, 0.25) is 0 Å². The maximum absolute atomic E-state index is 14.1. The van der Waals surface area contributed by atoms with Crippen molar-refractivity contribution < 1.29 is 18.0 Å². The molecule has 1 unspecified atom stereocenters. The molecule has 0 saturated carbocycles. The molecule has 0 radical (unpaired) electrons. The van der Waals surface area contributed by atoms with Gasteiger partial charge in [-0.15, -0.1) is 0 Å². The summed E-state index contributed by atoms with van der Waals surface area (Å²) < 4.78 is 42.5. The molecular weight excluding hydrogens is 411 g/mol. The Labute approximate surface area is 172 Å². The Bertz CT molecular complexity index is 1340. The minimum atomic E-state index is -3.13. The second-order valence-electron chi connectivity index (χ2n) is 7.05. The number of hydrogen-bond acceptors (Lipinski definition) is 6. The van der Waals surface area contributed by atoms with E-state index in [1.807, 2.05) is 0 Å². The summed E-state index contributed by atoms with van der Waals surface area (Å²) in [5, 5.41) is 7.35. The highest BCUT2D eigenvalue weighted by atomic mass is 19.3. The van der Waals surface area contributed by atoms with E-state index >= 15 is 0 Å². The molecule has 8 nitrogen and oxygen atoms in total. The van der Waals surface area contributed by atoms with Crippen molar-refractivity contribution in [2.24, 2.45) is 5.73 Å². The number of aromatic nitrogens is 5. The average Bonchev–Trinajstić information content (AvgIpc) is 3.25.